The van der Waals surface area contributed by atoms with Gasteiger partial charge in [0, 0.05) is 24.1 Å². The molecule has 1 atom stereocenters. The van der Waals surface area contributed by atoms with Gasteiger partial charge in [-0.1, -0.05) is 23.2 Å². The average Bonchev–Trinajstić information content (AvgIpc) is 2.51. The van der Waals surface area contributed by atoms with Gasteiger partial charge in [-0.15, -0.1) is 0 Å². The van der Waals surface area contributed by atoms with E-state index in [0.29, 0.717) is 28.8 Å². The lowest BCUT2D eigenvalue weighted by molar-refractivity contribution is -0.117. The average molecular weight is 230 g/mol. The molecule has 0 aliphatic heterocycles. The van der Waals surface area contributed by atoms with Crippen molar-refractivity contribution in [3.63, 3.8) is 0 Å². The van der Waals surface area contributed by atoms with E-state index in [2.05, 4.69) is 4.98 Å². The summed E-state index contributed by atoms with van der Waals surface area (Å²) in [6, 6.07) is 1.63. The van der Waals surface area contributed by atoms with Crippen LogP contribution in [0.15, 0.2) is 12.3 Å². The smallest absolute Gasteiger partial charge is 0.133 e. The van der Waals surface area contributed by atoms with Gasteiger partial charge in [-0.2, -0.15) is 0 Å². The van der Waals surface area contributed by atoms with Crippen molar-refractivity contribution in [1.82, 2.24) is 4.98 Å². The Kier molecular flexibility index (Phi) is 2.75. The molecule has 1 fully saturated rings. The Labute approximate surface area is 92.2 Å². The number of Topliss-reactive ketones (excluding diaryl/α,β-unsaturated/α-hetero) is 1. The van der Waals surface area contributed by atoms with Crippen molar-refractivity contribution in [3.05, 3.63) is 28.0 Å². The third kappa shape index (κ3) is 1.91. The molecular formula is C10H9Cl2NO. The van der Waals surface area contributed by atoms with E-state index >= 15 is 0 Å². The van der Waals surface area contributed by atoms with E-state index in [1.807, 2.05) is 0 Å². The SMILES string of the molecule is O=C1CCC(c2cnc(Cl)cc2Cl)C1. The fourth-order valence-corrected chi connectivity index (χ4v) is 2.32. The number of nitrogens with zero attached hydrogens (tertiary/aromatic N) is 1. The molecule has 0 amide bonds. The van der Waals surface area contributed by atoms with Crippen molar-refractivity contribution < 1.29 is 4.79 Å². The maximum absolute atomic E-state index is 11.1. The minimum Gasteiger partial charge on any atom is -0.300 e. The quantitative estimate of drug-likeness (QED) is 0.693. The number of pyridine rings is 1. The van der Waals surface area contributed by atoms with Gasteiger partial charge in [-0.3, -0.25) is 4.79 Å². The molecule has 0 saturated heterocycles. The van der Waals surface area contributed by atoms with Crippen LogP contribution < -0.4 is 0 Å². The fourth-order valence-electron chi connectivity index (χ4n) is 1.80. The summed E-state index contributed by atoms with van der Waals surface area (Å²) in [5, 5.41) is 1.01. The largest absolute Gasteiger partial charge is 0.300 e. The maximum atomic E-state index is 11.1. The number of carbonyl (C=O) groups excluding carboxylic acids is 1. The van der Waals surface area contributed by atoms with Crippen LogP contribution in [0.1, 0.15) is 30.7 Å². The monoisotopic (exact) mass is 229 g/mol. The number of halogens is 2. The molecular weight excluding hydrogens is 221 g/mol. The maximum Gasteiger partial charge on any atom is 0.133 e. The van der Waals surface area contributed by atoms with Gasteiger partial charge in [-0.25, -0.2) is 4.98 Å². The van der Waals surface area contributed by atoms with Crippen LogP contribution in [-0.4, -0.2) is 10.8 Å². The van der Waals surface area contributed by atoms with Crippen LogP contribution in [0.3, 0.4) is 0 Å². The van der Waals surface area contributed by atoms with E-state index in [1.54, 1.807) is 12.3 Å². The highest BCUT2D eigenvalue weighted by Crippen LogP contribution is 2.36. The number of hydrogen-bond acceptors (Lipinski definition) is 2. The first kappa shape index (κ1) is 9.94. The van der Waals surface area contributed by atoms with Gasteiger partial charge in [0.15, 0.2) is 0 Å². The van der Waals surface area contributed by atoms with Crippen molar-refractivity contribution in [2.75, 3.05) is 0 Å². The Morgan fingerprint density at radius 1 is 1.43 bits per heavy atom. The first-order valence-electron chi connectivity index (χ1n) is 4.49. The van der Waals surface area contributed by atoms with E-state index < -0.39 is 0 Å². The third-order valence-electron chi connectivity index (χ3n) is 2.53. The normalized spacial score (nSPS) is 21.6. The Morgan fingerprint density at radius 2 is 2.21 bits per heavy atom. The second-order valence-corrected chi connectivity index (χ2v) is 4.30. The van der Waals surface area contributed by atoms with Gasteiger partial charge >= 0.3 is 0 Å². The molecule has 4 heteroatoms. The van der Waals surface area contributed by atoms with E-state index in [0.717, 1.165) is 12.0 Å². The van der Waals surface area contributed by atoms with Crippen LogP contribution in [0.2, 0.25) is 10.2 Å². The summed E-state index contributed by atoms with van der Waals surface area (Å²) in [4.78, 5) is 15.1. The molecule has 0 N–H and O–H groups in total. The molecule has 2 nitrogen and oxygen atoms in total. The summed E-state index contributed by atoms with van der Waals surface area (Å²) in [5.41, 5.74) is 0.946. The number of rotatable bonds is 1. The van der Waals surface area contributed by atoms with Gasteiger partial charge in [0.1, 0.15) is 10.9 Å². The topological polar surface area (TPSA) is 30.0 Å². The number of aromatic nitrogens is 1. The zero-order valence-electron chi connectivity index (χ0n) is 7.46. The summed E-state index contributed by atoms with van der Waals surface area (Å²) in [5.74, 6) is 0.542. The van der Waals surface area contributed by atoms with Crippen LogP contribution in [0.4, 0.5) is 0 Å². The molecule has 1 unspecified atom stereocenters. The molecule has 0 aromatic carbocycles. The van der Waals surface area contributed by atoms with E-state index in [1.165, 1.54) is 0 Å². The Bertz CT molecular complexity index is 378. The summed E-state index contributed by atoms with van der Waals surface area (Å²) >= 11 is 11.7. The molecule has 14 heavy (non-hydrogen) atoms. The molecule has 1 aliphatic carbocycles. The van der Waals surface area contributed by atoms with Crippen molar-refractivity contribution in [1.29, 1.82) is 0 Å². The van der Waals surface area contributed by atoms with Crippen molar-refractivity contribution in [3.8, 4) is 0 Å². The van der Waals surface area contributed by atoms with Crippen LogP contribution in [0, 0.1) is 0 Å². The third-order valence-corrected chi connectivity index (χ3v) is 3.07. The van der Waals surface area contributed by atoms with Crippen LogP contribution in [-0.2, 0) is 4.79 Å². The second kappa shape index (κ2) is 3.87. The molecule has 2 rings (SSSR count). The molecule has 1 aliphatic rings. The van der Waals surface area contributed by atoms with Gasteiger partial charge < -0.3 is 0 Å². The molecule has 0 radical (unpaired) electrons. The molecule has 74 valence electrons. The van der Waals surface area contributed by atoms with Gasteiger partial charge in [0.05, 0.1) is 0 Å². The molecule has 0 bridgehead atoms. The summed E-state index contributed by atoms with van der Waals surface area (Å²) in [6.07, 6.45) is 3.79. The van der Waals surface area contributed by atoms with Crippen LogP contribution in [0.25, 0.3) is 0 Å². The van der Waals surface area contributed by atoms with Crippen molar-refractivity contribution >= 4 is 29.0 Å². The Morgan fingerprint density at radius 3 is 2.79 bits per heavy atom. The summed E-state index contributed by atoms with van der Waals surface area (Å²) in [6.45, 7) is 0. The summed E-state index contributed by atoms with van der Waals surface area (Å²) in [7, 11) is 0. The number of carbonyl (C=O) groups is 1. The minimum atomic E-state index is 0.236. The van der Waals surface area contributed by atoms with Gasteiger partial charge in [0.25, 0.3) is 0 Å². The Hall–Kier alpha value is -0.600. The van der Waals surface area contributed by atoms with E-state index in [9.17, 15) is 4.79 Å². The van der Waals surface area contributed by atoms with Crippen LogP contribution in [0.5, 0.6) is 0 Å². The predicted molar refractivity (Wildman–Crippen MR) is 55.9 cm³/mol. The lowest BCUT2D eigenvalue weighted by Gasteiger charge is -2.09. The van der Waals surface area contributed by atoms with Crippen LogP contribution >= 0.6 is 23.2 Å². The van der Waals surface area contributed by atoms with E-state index in [-0.39, 0.29) is 5.92 Å². The van der Waals surface area contributed by atoms with Gasteiger partial charge in [-0.05, 0) is 24.0 Å². The molecule has 1 aromatic heterocycles. The lowest BCUT2D eigenvalue weighted by Crippen LogP contribution is -1.96. The van der Waals surface area contributed by atoms with Crippen molar-refractivity contribution in [2.45, 2.75) is 25.2 Å². The van der Waals surface area contributed by atoms with E-state index in [4.69, 9.17) is 23.2 Å². The Balaban J connectivity index is 2.28. The molecule has 1 saturated carbocycles. The zero-order valence-corrected chi connectivity index (χ0v) is 8.98. The zero-order chi connectivity index (χ0) is 10.1. The molecule has 1 aromatic rings. The highest BCUT2D eigenvalue weighted by Gasteiger charge is 2.25. The summed E-state index contributed by atoms with van der Waals surface area (Å²) < 4.78 is 0. The van der Waals surface area contributed by atoms with Crippen molar-refractivity contribution in [2.24, 2.45) is 0 Å². The number of hydrogen-bond donors (Lipinski definition) is 0. The first-order chi connectivity index (χ1) is 6.66. The minimum absolute atomic E-state index is 0.236. The van der Waals surface area contributed by atoms with Gasteiger partial charge in [0.2, 0.25) is 0 Å². The lowest BCUT2D eigenvalue weighted by atomic mass is 10.00. The second-order valence-electron chi connectivity index (χ2n) is 3.51. The highest BCUT2D eigenvalue weighted by atomic mass is 35.5. The fraction of sp³-hybridized carbons (Fsp3) is 0.400. The molecule has 1 heterocycles. The molecule has 0 spiro atoms. The highest BCUT2D eigenvalue weighted by molar-refractivity contribution is 6.34. The first-order valence-corrected chi connectivity index (χ1v) is 5.25. The predicted octanol–water partition coefficient (Wildman–Crippen LogP) is 3.23. The standard InChI is InChI=1S/C10H9Cl2NO/c11-9-4-10(12)13-5-8(9)6-1-2-7(14)3-6/h4-6H,1-3H2. The number of ketones is 1.